The Bertz CT molecular complexity index is 700. The van der Waals surface area contributed by atoms with Crippen molar-refractivity contribution in [1.29, 1.82) is 5.26 Å². The number of anilines is 1. The van der Waals surface area contributed by atoms with Gasteiger partial charge >= 0.3 is 0 Å². The van der Waals surface area contributed by atoms with Crippen LogP contribution in [0.15, 0.2) is 30.5 Å². The maximum Gasteiger partial charge on any atom is 0.238 e. The molecule has 22 heavy (non-hydrogen) atoms. The van der Waals surface area contributed by atoms with E-state index < -0.39 is 0 Å². The molecule has 0 aliphatic carbocycles. The number of rotatable bonds is 6. The zero-order valence-electron chi connectivity index (χ0n) is 12.7. The molecule has 2 aromatic rings. The number of para-hydroxylation sites is 2. The van der Waals surface area contributed by atoms with Gasteiger partial charge in [-0.2, -0.15) is 10.4 Å². The first-order valence-electron chi connectivity index (χ1n) is 7.05. The maximum atomic E-state index is 11.5. The van der Waals surface area contributed by atoms with Gasteiger partial charge in [-0.1, -0.05) is 12.1 Å². The monoisotopic (exact) mass is 298 g/mol. The number of aromatic nitrogens is 2. The van der Waals surface area contributed by atoms with Gasteiger partial charge in [0.15, 0.2) is 0 Å². The minimum atomic E-state index is -0.353. The molecule has 1 N–H and O–H groups in total. The zero-order chi connectivity index (χ0) is 15.9. The summed E-state index contributed by atoms with van der Waals surface area (Å²) in [4.78, 5) is 11.5. The number of nitrogens with one attached hydrogen (secondary N) is 1. The summed E-state index contributed by atoms with van der Waals surface area (Å²) in [6.07, 6.45) is 1.77. The van der Waals surface area contributed by atoms with Gasteiger partial charge in [0.1, 0.15) is 18.8 Å². The molecule has 1 heterocycles. The Labute approximate surface area is 129 Å². The van der Waals surface area contributed by atoms with Gasteiger partial charge in [0, 0.05) is 18.3 Å². The fourth-order valence-electron chi connectivity index (χ4n) is 1.98. The molecule has 0 spiro atoms. The van der Waals surface area contributed by atoms with Crippen molar-refractivity contribution in [3.05, 3.63) is 41.7 Å². The quantitative estimate of drug-likeness (QED) is 0.889. The lowest BCUT2D eigenvalue weighted by Gasteiger charge is -2.11. The third-order valence-electron chi connectivity index (χ3n) is 3.16. The average molecular weight is 298 g/mol. The number of benzene rings is 1. The smallest absolute Gasteiger partial charge is 0.238 e. The lowest BCUT2D eigenvalue weighted by atomic mass is 10.2. The molecule has 0 atom stereocenters. The largest absolute Gasteiger partial charge is 0.487 e. The van der Waals surface area contributed by atoms with E-state index in [0.29, 0.717) is 18.0 Å². The van der Waals surface area contributed by atoms with Crippen LogP contribution < -0.4 is 10.1 Å². The van der Waals surface area contributed by atoms with Crippen LogP contribution in [0.25, 0.3) is 0 Å². The molecular formula is C16H18N4O2. The molecule has 0 saturated carbocycles. The van der Waals surface area contributed by atoms with Gasteiger partial charge in [0.25, 0.3) is 0 Å². The number of hydrogen-bond acceptors (Lipinski definition) is 4. The molecule has 0 aliphatic rings. The molecule has 1 aromatic carbocycles. The molecule has 6 nitrogen and oxygen atoms in total. The molecule has 6 heteroatoms. The van der Waals surface area contributed by atoms with E-state index in [9.17, 15) is 4.79 Å². The van der Waals surface area contributed by atoms with Crippen molar-refractivity contribution in [2.24, 2.45) is 0 Å². The van der Waals surface area contributed by atoms with Gasteiger partial charge in [-0.3, -0.25) is 9.48 Å². The van der Waals surface area contributed by atoms with Gasteiger partial charge in [-0.05, 0) is 26.0 Å². The lowest BCUT2D eigenvalue weighted by molar-refractivity contribution is -0.115. The van der Waals surface area contributed by atoms with Crippen molar-refractivity contribution >= 4 is 11.6 Å². The van der Waals surface area contributed by atoms with Gasteiger partial charge in [0.2, 0.25) is 5.91 Å². The van der Waals surface area contributed by atoms with E-state index in [2.05, 4.69) is 10.4 Å². The summed E-state index contributed by atoms with van der Waals surface area (Å²) < 4.78 is 7.65. The van der Waals surface area contributed by atoms with Gasteiger partial charge in [0.05, 0.1) is 17.5 Å². The fourth-order valence-corrected chi connectivity index (χ4v) is 1.98. The second-order valence-corrected chi connectivity index (χ2v) is 4.76. The number of ether oxygens (including phenoxy) is 1. The summed E-state index contributed by atoms with van der Waals surface area (Å²) in [5, 5.41) is 15.6. The molecule has 0 saturated heterocycles. The van der Waals surface area contributed by atoms with E-state index >= 15 is 0 Å². The van der Waals surface area contributed by atoms with Crippen LogP contribution in [-0.4, -0.2) is 15.7 Å². The molecule has 0 unspecified atom stereocenters. The van der Waals surface area contributed by atoms with Gasteiger partial charge in [-0.15, -0.1) is 0 Å². The third-order valence-corrected chi connectivity index (χ3v) is 3.16. The van der Waals surface area contributed by atoms with Crippen LogP contribution in [0.5, 0.6) is 5.75 Å². The maximum absolute atomic E-state index is 11.5. The predicted molar refractivity (Wildman–Crippen MR) is 82.3 cm³/mol. The highest BCUT2D eigenvalue weighted by atomic mass is 16.5. The Morgan fingerprint density at radius 1 is 1.45 bits per heavy atom. The molecule has 0 aliphatic heterocycles. The highest BCUT2D eigenvalue weighted by Gasteiger charge is 2.09. The van der Waals surface area contributed by atoms with Crippen molar-refractivity contribution in [2.45, 2.75) is 33.4 Å². The van der Waals surface area contributed by atoms with Crippen LogP contribution in [0.2, 0.25) is 0 Å². The lowest BCUT2D eigenvalue weighted by Crippen LogP contribution is -2.11. The van der Waals surface area contributed by atoms with Gasteiger partial charge < -0.3 is 10.1 Å². The summed E-state index contributed by atoms with van der Waals surface area (Å²) in [6, 6.07) is 8.97. The van der Waals surface area contributed by atoms with Crippen LogP contribution in [0.1, 0.15) is 24.6 Å². The minimum Gasteiger partial charge on any atom is -0.487 e. The molecule has 0 bridgehead atoms. The molecule has 114 valence electrons. The standard InChI is InChI=1S/C16H18N4O2/c1-3-20-10-13(12(2)19-20)11-22-15-7-5-4-6-14(15)18-16(21)8-9-17/h4-7,10H,3,8,11H2,1-2H3,(H,18,21). The Kier molecular flexibility index (Phi) is 5.15. The Morgan fingerprint density at radius 2 is 2.23 bits per heavy atom. The molecule has 1 amide bonds. The van der Waals surface area contributed by atoms with Crippen molar-refractivity contribution < 1.29 is 9.53 Å². The first-order chi connectivity index (χ1) is 10.6. The second kappa shape index (κ2) is 7.27. The fraction of sp³-hybridized carbons (Fsp3) is 0.312. The van der Waals surface area contributed by atoms with E-state index in [4.69, 9.17) is 10.00 Å². The number of carbonyl (C=O) groups excluding carboxylic acids is 1. The number of aryl methyl sites for hydroxylation is 2. The van der Waals surface area contributed by atoms with E-state index in [1.54, 1.807) is 18.2 Å². The number of nitrogens with zero attached hydrogens (tertiary/aromatic N) is 3. The van der Waals surface area contributed by atoms with E-state index in [1.807, 2.05) is 36.9 Å². The summed E-state index contributed by atoms with van der Waals surface area (Å²) >= 11 is 0. The van der Waals surface area contributed by atoms with E-state index in [1.165, 1.54) is 0 Å². The summed E-state index contributed by atoms with van der Waals surface area (Å²) in [5.41, 5.74) is 2.48. The number of carbonyl (C=O) groups is 1. The van der Waals surface area contributed by atoms with Crippen LogP contribution in [-0.2, 0) is 17.9 Å². The van der Waals surface area contributed by atoms with E-state index in [-0.39, 0.29) is 12.3 Å². The van der Waals surface area contributed by atoms with Crippen LogP contribution in [0.4, 0.5) is 5.69 Å². The van der Waals surface area contributed by atoms with Crippen molar-refractivity contribution in [3.8, 4) is 11.8 Å². The first kappa shape index (κ1) is 15.6. The van der Waals surface area contributed by atoms with Crippen LogP contribution >= 0.6 is 0 Å². The zero-order valence-corrected chi connectivity index (χ0v) is 12.7. The Morgan fingerprint density at radius 3 is 2.91 bits per heavy atom. The summed E-state index contributed by atoms with van der Waals surface area (Å²) in [6.45, 7) is 5.14. The second-order valence-electron chi connectivity index (χ2n) is 4.76. The Balaban J connectivity index is 2.08. The number of nitriles is 1. The van der Waals surface area contributed by atoms with Crippen LogP contribution in [0, 0.1) is 18.3 Å². The van der Waals surface area contributed by atoms with Crippen LogP contribution in [0.3, 0.4) is 0 Å². The topological polar surface area (TPSA) is 79.9 Å². The summed E-state index contributed by atoms with van der Waals surface area (Å²) in [5.74, 6) is 0.214. The first-order valence-corrected chi connectivity index (χ1v) is 7.05. The normalized spacial score (nSPS) is 10.0. The minimum absolute atomic E-state index is 0.184. The highest BCUT2D eigenvalue weighted by molar-refractivity contribution is 5.93. The number of amides is 1. The SMILES string of the molecule is CCn1cc(COc2ccccc2NC(=O)CC#N)c(C)n1. The Hall–Kier alpha value is -2.81. The third kappa shape index (κ3) is 3.85. The molecule has 0 radical (unpaired) electrons. The van der Waals surface area contributed by atoms with Crippen molar-refractivity contribution in [2.75, 3.05) is 5.32 Å². The molecule has 2 rings (SSSR count). The molecule has 1 aromatic heterocycles. The van der Waals surface area contributed by atoms with Gasteiger partial charge in [-0.25, -0.2) is 0 Å². The molecule has 0 fully saturated rings. The molecular weight excluding hydrogens is 280 g/mol. The van der Waals surface area contributed by atoms with Crippen molar-refractivity contribution in [1.82, 2.24) is 9.78 Å². The highest BCUT2D eigenvalue weighted by Crippen LogP contribution is 2.25. The van der Waals surface area contributed by atoms with E-state index in [0.717, 1.165) is 17.8 Å². The van der Waals surface area contributed by atoms with Crippen molar-refractivity contribution in [3.63, 3.8) is 0 Å². The summed E-state index contributed by atoms with van der Waals surface area (Å²) in [7, 11) is 0. The average Bonchev–Trinajstić information content (AvgIpc) is 2.87. The predicted octanol–water partition coefficient (Wildman–Crippen LogP) is 2.64. The number of hydrogen-bond donors (Lipinski definition) is 1.